The number of aliphatic hydroxyl groups is 1. The number of halogens is 2. The van der Waals surface area contributed by atoms with Crippen LogP contribution in [0.15, 0.2) is 0 Å². The van der Waals surface area contributed by atoms with Gasteiger partial charge in [0.2, 0.25) is 0 Å². The summed E-state index contributed by atoms with van der Waals surface area (Å²) in [4.78, 5) is 0. The smallest absolute Gasteiger partial charge is 0.264 e. The molecule has 1 aliphatic carbocycles. The quantitative estimate of drug-likeness (QED) is 0.579. The Morgan fingerprint density at radius 2 is 1.88 bits per heavy atom. The Hall–Kier alpha value is -0.180. The van der Waals surface area contributed by atoms with E-state index in [0.29, 0.717) is 0 Å². The Morgan fingerprint density at radius 1 is 1.38 bits per heavy atom. The largest absolute Gasteiger partial charge is 0.387 e. The molecule has 0 amide bonds. The lowest BCUT2D eigenvalue weighted by Gasteiger charge is -2.04. The first-order chi connectivity index (χ1) is 3.72. The maximum atomic E-state index is 11.5. The number of rotatable bonds is 2. The summed E-state index contributed by atoms with van der Waals surface area (Å²) in [6.07, 6.45) is -2.35. The van der Waals surface area contributed by atoms with Crippen LogP contribution in [0.2, 0.25) is 0 Å². The Morgan fingerprint density at radius 3 is 2.00 bits per heavy atom. The molecule has 0 heterocycles. The van der Waals surface area contributed by atoms with Gasteiger partial charge in [0.1, 0.15) is 6.10 Å². The molecule has 0 aliphatic heterocycles. The molecule has 48 valence electrons. The first kappa shape index (κ1) is 5.95. The van der Waals surface area contributed by atoms with E-state index in [1.54, 1.807) is 0 Å². The van der Waals surface area contributed by atoms with Crippen LogP contribution in [0.3, 0.4) is 0 Å². The van der Waals surface area contributed by atoms with Crippen LogP contribution in [-0.4, -0.2) is 17.6 Å². The van der Waals surface area contributed by atoms with Crippen molar-refractivity contribution in [3.8, 4) is 0 Å². The maximum Gasteiger partial charge on any atom is 0.264 e. The van der Waals surface area contributed by atoms with Crippen molar-refractivity contribution in [2.24, 2.45) is 5.92 Å². The Balaban J connectivity index is 2.22. The van der Waals surface area contributed by atoms with Crippen molar-refractivity contribution < 1.29 is 13.9 Å². The molecule has 3 heteroatoms. The molecule has 1 atom stereocenters. The molecule has 0 aromatic heterocycles. The minimum atomic E-state index is -2.54. The highest BCUT2D eigenvalue weighted by Gasteiger charge is 2.35. The second kappa shape index (κ2) is 1.97. The molecule has 0 radical (unpaired) electrons. The second-order valence-corrected chi connectivity index (χ2v) is 2.16. The summed E-state index contributed by atoms with van der Waals surface area (Å²) < 4.78 is 22.9. The molecule has 0 spiro atoms. The average Bonchev–Trinajstić information content (AvgIpc) is 2.43. The fraction of sp³-hybridized carbons (Fsp3) is 1.00. The summed E-state index contributed by atoms with van der Waals surface area (Å²) in [5.41, 5.74) is 0. The summed E-state index contributed by atoms with van der Waals surface area (Å²) >= 11 is 0. The molecule has 1 aliphatic rings. The highest BCUT2D eigenvalue weighted by molar-refractivity contribution is 4.81. The average molecular weight is 122 g/mol. The minimum Gasteiger partial charge on any atom is -0.387 e. The van der Waals surface area contributed by atoms with Crippen molar-refractivity contribution >= 4 is 0 Å². The van der Waals surface area contributed by atoms with Gasteiger partial charge in [-0.15, -0.1) is 0 Å². The summed E-state index contributed by atoms with van der Waals surface area (Å²) in [7, 11) is 0. The molecule has 1 saturated carbocycles. The summed E-state index contributed by atoms with van der Waals surface area (Å²) in [6.45, 7) is 0. The van der Waals surface area contributed by atoms with Gasteiger partial charge in [0.15, 0.2) is 0 Å². The van der Waals surface area contributed by atoms with Crippen LogP contribution in [0.5, 0.6) is 0 Å². The zero-order valence-electron chi connectivity index (χ0n) is 4.35. The normalized spacial score (nSPS) is 24.0. The van der Waals surface area contributed by atoms with Crippen molar-refractivity contribution in [3.63, 3.8) is 0 Å². The van der Waals surface area contributed by atoms with Crippen molar-refractivity contribution in [2.45, 2.75) is 25.4 Å². The standard InChI is InChI=1S/C5H8F2O/c6-5(7)4(8)3-1-2-3/h3-5,8H,1-2H2. The lowest BCUT2D eigenvalue weighted by molar-refractivity contribution is -0.0169. The zero-order valence-corrected chi connectivity index (χ0v) is 4.35. The molecular weight excluding hydrogens is 114 g/mol. The number of hydrogen-bond acceptors (Lipinski definition) is 1. The summed E-state index contributed by atoms with van der Waals surface area (Å²) in [6, 6.07) is 0. The van der Waals surface area contributed by atoms with E-state index in [1.165, 1.54) is 0 Å². The van der Waals surface area contributed by atoms with Gasteiger partial charge < -0.3 is 5.11 Å². The molecule has 0 aromatic rings. The van der Waals surface area contributed by atoms with Crippen molar-refractivity contribution in [1.82, 2.24) is 0 Å². The Bertz CT molecular complexity index is 78.5. The number of aliphatic hydroxyl groups excluding tert-OH is 1. The van der Waals surface area contributed by atoms with Gasteiger partial charge in [-0.25, -0.2) is 8.78 Å². The molecule has 1 N–H and O–H groups in total. The van der Waals surface area contributed by atoms with Gasteiger partial charge in [0.25, 0.3) is 6.43 Å². The highest BCUT2D eigenvalue weighted by atomic mass is 19.3. The van der Waals surface area contributed by atoms with Crippen molar-refractivity contribution in [2.75, 3.05) is 0 Å². The van der Waals surface area contributed by atoms with E-state index in [4.69, 9.17) is 5.11 Å². The van der Waals surface area contributed by atoms with E-state index < -0.39 is 12.5 Å². The topological polar surface area (TPSA) is 20.2 Å². The minimum absolute atomic E-state index is 0.102. The lowest BCUT2D eigenvalue weighted by atomic mass is 10.2. The van der Waals surface area contributed by atoms with E-state index in [2.05, 4.69) is 0 Å². The van der Waals surface area contributed by atoms with Crippen molar-refractivity contribution in [1.29, 1.82) is 0 Å². The fourth-order valence-electron chi connectivity index (χ4n) is 0.643. The van der Waals surface area contributed by atoms with E-state index >= 15 is 0 Å². The first-order valence-electron chi connectivity index (χ1n) is 2.68. The van der Waals surface area contributed by atoms with Crippen LogP contribution < -0.4 is 0 Å². The predicted molar refractivity (Wildman–Crippen MR) is 24.7 cm³/mol. The van der Waals surface area contributed by atoms with Gasteiger partial charge >= 0.3 is 0 Å². The third-order valence-corrected chi connectivity index (χ3v) is 1.36. The van der Waals surface area contributed by atoms with Gasteiger partial charge in [-0.05, 0) is 18.8 Å². The molecule has 0 aromatic carbocycles. The van der Waals surface area contributed by atoms with Crippen molar-refractivity contribution in [3.05, 3.63) is 0 Å². The lowest BCUT2D eigenvalue weighted by Crippen LogP contribution is -2.19. The van der Waals surface area contributed by atoms with E-state index in [0.717, 1.165) is 12.8 Å². The Labute approximate surface area is 46.3 Å². The number of hydrogen-bond donors (Lipinski definition) is 1. The van der Waals surface area contributed by atoms with E-state index in [-0.39, 0.29) is 5.92 Å². The van der Waals surface area contributed by atoms with Gasteiger partial charge in [-0.1, -0.05) is 0 Å². The molecular formula is C5H8F2O. The maximum absolute atomic E-state index is 11.5. The molecule has 8 heavy (non-hydrogen) atoms. The summed E-state index contributed by atoms with van der Waals surface area (Å²) in [5.74, 6) is -0.102. The molecule has 0 bridgehead atoms. The molecule has 1 nitrogen and oxygen atoms in total. The predicted octanol–water partition coefficient (Wildman–Crippen LogP) is 1.02. The monoisotopic (exact) mass is 122 g/mol. The van der Waals surface area contributed by atoms with Gasteiger partial charge in [-0.2, -0.15) is 0 Å². The molecule has 1 fully saturated rings. The van der Waals surface area contributed by atoms with Crippen LogP contribution in [0.1, 0.15) is 12.8 Å². The molecule has 1 rings (SSSR count). The van der Waals surface area contributed by atoms with Crippen LogP contribution in [0.25, 0.3) is 0 Å². The van der Waals surface area contributed by atoms with E-state index in [1.807, 2.05) is 0 Å². The van der Waals surface area contributed by atoms with Gasteiger partial charge in [0.05, 0.1) is 0 Å². The summed E-state index contributed by atoms with van der Waals surface area (Å²) in [5, 5.41) is 8.52. The highest BCUT2D eigenvalue weighted by Crippen LogP contribution is 2.34. The van der Waals surface area contributed by atoms with Gasteiger partial charge in [-0.3, -0.25) is 0 Å². The second-order valence-electron chi connectivity index (χ2n) is 2.16. The molecule has 0 saturated heterocycles. The SMILES string of the molecule is OC(C(F)F)C1CC1. The van der Waals surface area contributed by atoms with E-state index in [9.17, 15) is 8.78 Å². The third kappa shape index (κ3) is 1.15. The molecule has 1 unspecified atom stereocenters. The van der Waals surface area contributed by atoms with Crippen LogP contribution in [0.4, 0.5) is 8.78 Å². The van der Waals surface area contributed by atoms with Crippen LogP contribution in [0, 0.1) is 5.92 Å². The Kier molecular flexibility index (Phi) is 1.47. The van der Waals surface area contributed by atoms with Gasteiger partial charge in [0, 0.05) is 0 Å². The van der Waals surface area contributed by atoms with Crippen LogP contribution in [-0.2, 0) is 0 Å². The van der Waals surface area contributed by atoms with Crippen LogP contribution >= 0.6 is 0 Å². The first-order valence-corrected chi connectivity index (χ1v) is 2.68. The third-order valence-electron chi connectivity index (χ3n) is 1.36. The number of alkyl halides is 2. The zero-order chi connectivity index (χ0) is 6.15. The fourth-order valence-corrected chi connectivity index (χ4v) is 0.643.